The maximum atomic E-state index is 12.7. The molecular weight excluding hydrogens is 451 g/mol. The van der Waals surface area contributed by atoms with Gasteiger partial charge in [-0.3, -0.25) is 9.59 Å². The van der Waals surface area contributed by atoms with Crippen molar-refractivity contribution in [2.75, 3.05) is 5.32 Å². The van der Waals surface area contributed by atoms with Gasteiger partial charge in [-0.05, 0) is 48.6 Å². The van der Waals surface area contributed by atoms with Gasteiger partial charge in [-0.25, -0.2) is 4.98 Å². The number of ketones is 1. The second-order valence-electron chi connectivity index (χ2n) is 8.05. The fourth-order valence-corrected chi connectivity index (χ4v) is 3.37. The molecule has 1 heterocycles. The second-order valence-corrected chi connectivity index (χ2v) is 8.05. The number of ether oxygens (including phenoxy) is 1. The molecule has 2 N–H and O–H groups in total. The maximum absolute atomic E-state index is 12.7. The number of hydrogen-bond donors (Lipinski definition) is 2. The fraction of sp³-hybridized carbons (Fsp3) is 0.417. The van der Waals surface area contributed by atoms with Gasteiger partial charge in [0.25, 0.3) is 0 Å². The molecule has 2 rings (SSSR count). The van der Waals surface area contributed by atoms with Crippen LogP contribution in [-0.4, -0.2) is 35.0 Å². The summed E-state index contributed by atoms with van der Waals surface area (Å²) < 4.78 is 41.1. The number of aromatic nitrogens is 1. The number of Topliss-reactive ketones (excluding diaryl/α,β-unsaturated/α-hetero) is 1. The van der Waals surface area contributed by atoms with E-state index >= 15 is 0 Å². The van der Waals surface area contributed by atoms with Crippen LogP contribution in [0.1, 0.15) is 57.1 Å². The van der Waals surface area contributed by atoms with Gasteiger partial charge in [0.05, 0.1) is 6.42 Å². The molecule has 10 heteroatoms. The van der Waals surface area contributed by atoms with Crippen LogP contribution in [0, 0.1) is 0 Å². The van der Waals surface area contributed by atoms with Crippen LogP contribution in [0.4, 0.5) is 19.0 Å². The molecule has 0 aliphatic heterocycles. The highest BCUT2D eigenvalue weighted by atomic mass is 19.4. The minimum Gasteiger partial charge on any atom is -0.406 e. The zero-order chi connectivity index (χ0) is 25.3. The standard InChI is InChI=1S/C24H28F3N3O4/c1-4-6-20(23(33)30-21-10-9-18(14-28-21)15(2)11-16(3)31)29-22(32)13-17-7-5-8-19(12-17)34-24(25,26)27/h5,7-10,12,14-15,20H,4,6,11,13H2,1-3H3,(H,29,32)(H,28,30,33). The van der Waals surface area contributed by atoms with Gasteiger partial charge in [0.1, 0.15) is 23.4 Å². The predicted molar refractivity (Wildman–Crippen MR) is 120 cm³/mol. The zero-order valence-electron chi connectivity index (χ0n) is 19.2. The number of anilines is 1. The number of carbonyl (C=O) groups is 3. The van der Waals surface area contributed by atoms with Crippen LogP contribution in [0.3, 0.4) is 0 Å². The van der Waals surface area contributed by atoms with E-state index in [-0.39, 0.29) is 18.1 Å². The Balaban J connectivity index is 1.99. The summed E-state index contributed by atoms with van der Waals surface area (Å²) in [4.78, 5) is 40.7. The first-order valence-corrected chi connectivity index (χ1v) is 10.9. The summed E-state index contributed by atoms with van der Waals surface area (Å²) in [6, 6.07) is 7.68. The molecule has 2 atom stereocenters. The van der Waals surface area contributed by atoms with Gasteiger partial charge in [0, 0.05) is 12.6 Å². The van der Waals surface area contributed by atoms with Crippen molar-refractivity contribution in [1.82, 2.24) is 10.3 Å². The van der Waals surface area contributed by atoms with Crippen LogP contribution >= 0.6 is 0 Å². The largest absolute Gasteiger partial charge is 0.573 e. The number of pyridine rings is 1. The fourth-order valence-electron chi connectivity index (χ4n) is 3.37. The van der Waals surface area contributed by atoms with E-state index in [2.05, 4.69) is 20.4 Å². The highest BCUT2D eigenvalue weighted by molar-refractivity contribution is 5.96. The Bertz CT molecular complexity index is 994. The normalized spacial score (nSPS) is 13.0. The van der Waals surface area contributed by atoms with E-state index in [4.69, 9.17) is 0 Å². The monoisotopic (exact) mass is 479 g/mol. The van der Waals surface area contributed by atoms with E-state index in [1.807, 2.05) is 13.8 Å². The zero-order valence-corrected chi connectivity index (χ0v) is 19.2. The van der Waals surface area contributed by atoms with E-state index in [0.717, 1.165) is 17.7 Å². The Morgan fingerprint density at radius 1 is 1.15 bits per heavy atom. The van der Waals surface area contributed by atoms with Crippen molar-refractivity contribution < 1.29 is 32.3 Å². The molecule has 2 unspecified atom stereocenters. The lowest BCUT2D eigenvalue weighted by Gasteiger charge is -2.18. The van der Waals surface area contributed by atoms with Gasteiger partial charge in [-0.1, -0.05) is 38.5 Å². The summed E-state index contributed by atoms with van der Waals surface area (Å²) in [5.41, 5.74) is 1.18. The van der Waals surface area contributed by atoms with Crippen molar-refractivity contribution in [1.29, 1.82) is 0 Å². The number of alkyl halides is 3. The first kappa shape index (κ1) is 26.8. The van der Waals surface area contributed by atoms with Crippen LogP contribution in [-0.2, 0) is 20.8 Å². The third-order valence-electron chi connectivity index (χ3n) is 4.93. The summed E-state index contributed by atoms with van der Waals surface area (Å²) in [6.45, 7) is 5.29. The quantitative estimate of drug-likeness (QED) is 0.494. The topological polar surface area (TPSA) is 97.4 Å². The number of halogens is 3. The van der Waals surface area contributed by atoms with Gasteiger partial charge in [0.2, 0.25) is 11.8 Å². The molecule has 184 valence electrons. The van der Waals surface area contributed by atoms with Crippen LogP contribution in [0.15, 0.2) is 42.6 Å². The molecule has 0 radical (unpaired) electrons. The van der Waals surface area contributed by atoms with E-state index in [1.165, 1.54) is 19.1 Å². The number of hydrogen-bond acceptors (Lipinski definition) is 5. The van der Waals surface area contributed by atoms with E-state index < -0.39 is 30.0 Å². The number of nitrogens with zero attached hydrogens (tertiary/aromatic N) is 1. The molecule has 0 saturated carbocycles. The Labute approximate surface area is 196 Å². The number of nitrogens with one attached hydrogen (secondary N) is 2. The molecule has 34 heavy (non-hydrogen) atoms. The lowest BCUT2D eigenvalue weighted by atomic mass is 9.98. The molecule has 1 aromatic carbocycles. The van der Waals surface area contributed by atoms with Gasteiger partial charge in [-0.2, -0.15) is 0 Å². The van der Waals surface area contributed by atoms with Gasteiger partial charge >= 0.3 is 6.36 Å². The molecule has 0 saturated heterocycles. The molecule has 7 nitrogen and oxygen atoms in total. The average molecular weight is 479 g/mol. The van der Waals surface area contributed by atoms with Crippen molar-refractivity contribution in [3.63, 3.8) is 0 Å². The molecule has 0 aliphatic carbocycles. The van der Waals surface area contributed by atoms with Crippen molar-refractivity contribution >= 4 is 23.4 Å². The highest BCUT2D eigenvalue weighted by Gasteiger charge is 2.31. The van der Waals surface area contributed by atoms with Gasteiger partial charge in [0.15, 0.2) is 0 Å². The molecule has 0 spiro atoms. The van der Waals surface area contributed by atoms with Crippen molar-refractivity contribution in [2.24, 2.45) is 0 Å². The first-order chi connectivity index (χ1) is 16.0. The van der Waals surface area contributed by atoms with Crippen LogP contribution in [0.25, 0.3) is 0 Å². The Hall–Kier alpha value is -3.43. The molecule has 0 bridgehead atoms. The molecule has 0 fully saturated rings. The summed E-state index contributed by atoms with van der Waals surface area (Å²) in [5.74, 6) is -1.02. The predicted octanol–water partition coefficient (Wildman–Crippen LogP) is 4.53. The Kier molecular flexibility index (Phi) is 9.58. The Morgan fingerprint density at radius 2 is 1.88 bits per heavy atom. The van der Waals surface area contributed by atoms with Crippen LogP contribution in [0.2, 0.25) is 0 Å². The van der Waals surface area contributed by atoms with Gasteiger partial charge in [-0.15, -0.1) is 13.2 Å². The van der Waals surface area contributed by atoms with Crippen molar-refractivity contribution in [3.05, 3.63) is 53.7 Å². The SMILES string of the molecule is CCCC(NC(=O)Cc1cccc(OC(F)(F)F)c1)C(=O)Nc1ccc(C(C)CC(C)=O)cn1. The number of carbonyl (C=O) groups excluding carboxylic acids is 3. The Morgan fingerprint density at radius 3 is 2.47 bits per heavy atom. The third-order valence-corrected chi connectivity index (χ3v) is 4.93. The average Bonchev–Trinajstić information content (AvgIpc) is 2.72. The maximum Gasteiger partial charge on any atom is 0.573 e. The number of benzene rings is 1. The number of rotatable bonds is 11. The minimum atomic E-state index is -4.83. The summed E-state index contributed by atoms with van der Waals surface area (Å²) >= 11 is 0. The van der Waals surface area contributed by atoms with E-state index in [0.29, 0.717) is 30.6 Å². The highest BCUT2D eigenvalue weighted by Crippen LogP contribution is 2.23. The van der Waals surface area contributed by atoms with E-state index in [1.54, 1.807) is 18.3 Å². The summed E-state index contributed by atoms with van der Waals surface area (Å²) in [6.07, 6.45) is -2.09. The smallest absolute Gasteiger partial charge is 0.406 e. The summed E-state index contributed by atoms with van der Waals surface area (Å²) in [5, 5.41) is 5.29. The van der Waals surface area contributed by atoms with Crippen LogP contribution < -0.4 is 15.4 Å². The third kappa shape index (κ3) is 9.21. The molecule has 2 amide bonds. The molecule has 2 aromatic rings. The molecule has 0 aliphatic rings. The second kappa shape index (κ2) is 12.2. The lowest BCUT2D eigenvalue weighted by molar-refractivity contribution is -0.274. The van der Waals surface area contributed by atoms with Crippen molar-refractivity contribution in [2.45, 2.75) is 64.8 Å². The summed E-state index contributed by atoms with van der Waals surface area (Å²) in [7, 11) is 0. The van der Waals surface area contributed by atoms with Crippen LogP contribution in [0.5, 0.6) is 5.75 Å². The lowest BCUT2D eigenvalue weighted by Crippen LogP contribution is -2.44. The number of amides is 2. The van der Waals surface area contributed by atoms with Gasteiger partial charge < -0.3 is 20.2 Å². The van der Waals surface area contributed by atoms with E-state index in [9.17, 15) is 27.6 Å². The van der Waals surface area contributed by atoms with Crippen molar-refractivity contribution in [3.8, 4) is 5.75 Å². The molecule has 1 aromatic heterocycles. The first-order valence-electron chi connectivity index (χ1n) is 10.9. The molecular formula is C24H28F3N3O4. The minimum absolute atomic E-state index is 0.00177.